The van der Waals surface area contributed by atoms with E-state index >= 15 is 0 Å². The van der Waals surface area contributed by atoms with E-state index in [2.05, 4.69) is 5.32 Å². The lowest BCUT2D eigenvalue weighted by Gasteiger charge is -2.08. The number of nitro groups is 1. The molecule has 2 aromatic carbocycles. The van der Waals surface area contributed by atoms with Crippen LogP contribution in [0, 0.1) is 24.0 Å². The first-order valence-corrected chi connectivity index (χ1v) is 7.46. The fourth-order valence-electron chi connectivity index (χ4n) is 2.65. The van der Waals surface area contributed by atoms with E-state index in [0.29, 0.717) is 11.3 Å². The van der Waals surface area contributed by atoms with Gasteiger partial charge in [-0.2, -0.15) is 0 Å². The maximum Gasteiger partial charge on any atom is 0.274 e. The van der Waals surface area contributed by atoms with E-state index in [0.717, 1.165) is 22.1 Å². The van der Waals surface area contributed by atoms with Gasteiger partial charge >= 0.3 is 0 Å². The molecule has 0 saturated carbocycles. The van der Waals surface area contributed by atoms with Gasteiger partial charge in [-0.3, -0.25) is 14.9 Å². The number of anilines is 1. The van der Waals surface area contributed by atoms with Crippen molar-refractivity contribution in [1.82, 2.24) is 0 Å². The number of nitro benzene ring substituents is 1. The third-order valence-electron chi connectivity index (χ3n) is 3.94. The van der Waals surface area contributed by atoms with E-state index in [1.807, 2.05) is 25.1 Å². The third kappa shape index (κ3) is 2.99. The molecule has 1 amide bonds. The second-order valence-corrected chi connectivity index (χ2v) is 5.69. The van der Waals surface area contributed by atoms with Gasteiger partial charge in [-0.15, -0.1) is 0 Å². The first-order valence-electron chi connectivity index (χ1n) is 7.46. The first-order chi connectivity index (χ1) is 11.5. The molecular weight excluding hydrogens is 308 g/mol. The zero-order valence-corrected chi connectivity index (χ0v) is 13.3. The molecule has 3 rings (SSSR count). The molecule has 6 nitrogen and oxygen atoms in total. The van der Waals surface area contributed by atoms with Crippen LogP contribution in [0.1, 0.15) is 16.7 Å². The Morgan fingerprint density at radius 1 is 1.25 bits per heavy atom. The quantitative estimate of drug-likeness (QED) is 0.577. The number of aryl methyl sites for hydroxylation is 1. The van der Waals surface area contributed by atoms with Crippen molar-refractivity contribution in [2.24, 2.45) is 0 Å². The zero-order valence-electron chi connectivity index (χ0n) is 13.3. The van der Waals surface area contributed by atoms with Gasteiger partial charge in [0.05, 0.1) is 28.9 Å². The molecule has 0 aliphatic rings. The van der Waals surface area contributed by atoms with Crippen LogP contribution in [0.5, 0.6) is 0 Å². The van der Waals surface area contributed by atoms with Crippen LogP contribution in [-0.2, 0) is 11.2 Å². The minimum absolute atomic E-state index is 0.0166. The van der Waals surface area contributed by atoms with Gasteiger partial charge in [-0.05, 0) is 31.5 Å². The topological polar surface area (TPSA) is 85.4 Å². The van der Waals surface area contributed by atoms with Crippen molar-refractivity contribution in [1.29, 1.82) is 0 Å². The molecular formula is C18H16N2O4. The summed E-state index contributed by atoms with van der Waals surface area (Å²) in [5.74, 6) is -0.248. The summed E-state index contributed by atoms with van der Waals surface area (Å²) in [5, 5.41) is 14.6. The van der Waals surface area contributed by atoms with Crippen molar-refractivity contribution in [2.75, 3.05) is 5.32 Å². The summed E-state index contributed by atoms with van der Waals surface area (Å²) in [6, 6.07) is 10.4. The Labute approximate surface area is 138 Å². The molecule has 0 unspecified atom stereocenters. The molecule has 6 heteroatoms. The number of benzene rings is 2. The largest absolute Gasteiger partial charge is 0.464 e. The predicted octanol–water partition coefficient (Wildman–Crippen LogP) is 4.14. The number of carbonyl (C=O) groups excluding carboxylic acids is 1. The van der Waals surface area contributed by atoms with Crippen LogP contribution in [0.2, 0.25) is 0 Å². The average molecular weight is 324 g/mol. The standard InChI is InChI=1S/C18H16N2O4/c1-11-6-7-14-13(10-24-17(14)8-11)9-18(21)19-15-4-3-5-16(12(15)2)20(22)23/h3-8,10H,9H2,1-2H3,(H,19,21). The maximum atomic E-state index is 12.3. The van der Waals surface area contributed by atoms with Crippen molar-refractivity contribution in [3.05, 3.63) is 69.5 Å². The summed E-state index contributed by atoms with van der Waals surface area (Å²) in [6.45, 7) is 3.59. The second-order valence-electron chi connectivity index (χ2n) is 5.69. The van der Waals surface area contributed by atoms with Crippen molar-refractivity contribution in [3.63, 3.8) is 0 Å². The highest BCUT2D eigenvalue weighted by molar-refractivity contribution is 5.96. The van der Waals surface area contributed by atoms with E-state index in [1.165, 1.54) is 6.07 Å². The molecule has 0 saturated heterocycles. The van der Waals surface area contributed by atoms with Gasteiger partial charge in [0.25, 0.3) is 5.69 Å². The summed E-state index contributed by atoms with van der Waals surface area (Å²) < 4.78 is 5.49. The molecule has 0 aliphatic heterocycles. The third-order valence-corrected chi connectivity index (χ3v) is 3.94. The van der Waals surface area contributed by atoms with E-state index in [1.54, 1.807) is 25.3 Å². The van der Waals surface area contributed by atoms with Crippen LogP contribution in [0.3, 0.4) is 0 Å². The van der Waals surface area contributed by atoms with Crippen molar-refractivity contribution in [2.45, 2.75) is 20.3 Å². The highest BCUT2D eigenvalue weighted by Gasteiger charge is 2.16. The van der Waals surface area contributed by atoms with Gasteiger partial charge in [0.1, 0.15) is 5.58 Å². The Hall–Kier alpha value is -3.15. The highest BCUT2D eigenvalue weighted by atomic mass is 16.6. The number of fused-ring (bicyclic) bond motifs is 1. The molecule has 0 fully saturated rings. The Morgan fingerprint density at radius 2 is 2.04 bits per heavy atom. The Bertz CT molecular complexity index is 943. The van der Waals surface area contributed by atoms with E-state index in [9.17, 15) is 14.9 Å². The average Bonchev–Trinajstić information content (AvgIpc) is 2.91. The van der Waals surface area contributed by atoms with Crippen LogP contribution >= 0.6 is 0 Å². The lowest BCUT2D eigenvalue weighted by atomic mass is 10.1. The number of hydrogen-bond acceptors (Lipinski definition) is 4. The van der Waals surface area contributed by atoms with Crippen LogP contribution in [0.25, 0.3) is 11.0 Å². The molecule has 1 aromatic heterocycles. The lowest BCUT2D eigenvalue weighted by Crippen LogP contribution is -2.15. The molecule has 0 spiro atoms. The van der Waals surface area contributed by atoms with Gasteiger partial charge < -0.3 is 9.73 Å². The Morgan fingerprint density at radius 3 is 2.79 bits per heavy atom. The number of nitrogens with zero attached hydrogens (tertiary/aromatic N) is 1. The second kappa shape index (κ2) is 6.16. The van der Waals surface area contributed by atoms with Gasteiger partial charge in [0.2, 0.25) is 5.91 Å². The summed E-state index contributed by atoms with van der Waals surface area (Å²) >= 11 is 0. The van der Waals surface area contributed by atoms with Crippen LogP contribution in [0.15, 0.2) is 47.1 Å². The minimum atomic E-state index is -0.461. The fourth-order valence-corrected chi connectivity index (χ4v) is 2.65. The lowest BCUT2D eigenvalue weighted by molar-refractivity contribution is -0.385. The van der Waals surface area contributed by atoms with Gasteiger partial charge in [-0.25, -0.2) is 0 Å². The molecule has 0 aliphatic carbocycles. The summed E-state index contributed by atoms with van der Waals surface area (Å²) in [5.41, 5.74) is 3.47. The molecule has 0 atom stereocenters. The number of furan rings is 1. The normalized spacial score (nSPS) is 10.8. The molecule has 0 radical (unpaired) electrons. The first kappa shape index (κ1) is 15.7. The molecule has 1 heterocycles. The number of nitrogens with one attached hydrogen (secondary N) is 1. The maximum absolute atomic E-state index is 12.3. The van der Waals surface area contributed by atoms with Gasteiger partial charge in [0.15, 0.2) is 0 Å². The van der Waals surface area contributed by atoms with E-state index in [-0.39, 0.29) is 18.0 Å². The van der Waals surface area contributed by atoms with Gasteiger partial charge in [0, 0.05) is 17.0 Å². The van der Waals surface area contributed by atoms with Crippen LogP contribution < -0.4 is 5.32 Å². The van der Waals surface area contributed by atoms with Crippen molar-refractivity contribution < 1.29 is 14.1 Å². The summed E-state index contributed by atoms with van der Waals surface area (Å²) in [7, 11) is 0. The Balaban J connectivity index is 1.81. The van der Waals surface area contributed by atoms with E-state index in [4.69, 9.17) is 4.42 Å². The smallest absolute Gasteiger partial charge is 0.274 e. The SMILES string of the molecule is Cc1ccc2c(CC(=O)Nc3cccc([N+](=O)[O-])c3C)coc2c1. The van der Waals surface area contributed by atoms with Crippen molar-refractivity contribution in [3.8, 4) is 0 Å². The monoisotopic (exact) mass is 324 g/mol. The summed E-state index contributed by atoms with van der Waals surface area (Å²) in [4.78, 5) is 22.8. The molecule has 3 aromatic rings. The van der Waals surface area contributed by atoms with Crippen LogP contribution in [0.4, 0.5) is 11.4 Å². The van der Waals surface area contributed by atoms with Crippen molar-refractivity contribution >= 4 is 28.3 Å². The molecule has 0 bridgehead atoms. The Kier molecular flexibility index (Phi) is 4.04. The number of amides is 1. The molecule has 24 heavy (non-hydrogen) atoms. The predicted molar refractivity (Wildman–Crippen MR) is 91.1 cm³/mol. The zero-order chi connectivity index (χ0) is 17.3. The highest BCUT2D eigenvalue weighted by Crippen LogP contribution is 2.26. The minimum Gasteiger partial charge on any atom is -0.464 e. The molecule has 1 N–H and O–H groups in total. The molecule has 122 valence electrons. The summed E-state index contributed by atoms with van der Waals surface area (Å²) in [6.07, 6.45) is 1.71. The van der Waals surface area contributed by atoms with Gasteiger partial charge in [-0.1, -0.05) is 18.2 Å². The van der Waals surface area contributed by atoms with Crippen LogP contribution in [-0.4, -0.2) is 10.8 Å². The fraction of sp³-hybridized carbons (Fsp3) is 0.167. The number of rotatable bonds is 4. The number of hydrogen-bond donors (Lipinski definition) is 1. The van der Waals surface area contributed by atoms with E-state index < -0.39 is 4.92 Å². The number of carbonyl (C=O) groups is 1.